The Morgan fingerprint density at radius 3 is 2.81 bits per heavy atom. The number of aryl methyl sites for hydroxylation is 1. The standard InChI is InChI=1S/C15H25N3O3/c1-10(2)15-17-16-13(21-15)6-7-14(20)18-8-12(9-19)5-4-11(18)3/h10-12,19H,4-9H2,1-3H3. The Labute approximate surface area is 125 Å². The third-order valence-corrected chi connectivity index (χ3v) is 4.09. The van der Waals surface area contributed by atoms with E-state index in [1.165, 1.54) is 0 Å². The highest BCUT2D eigenvalue weighted by Crippen LogP contribution is 2.22. The van der Waals surface area contributed by atoms with Crippen LogP contribution in [-0.2, 0) is 11.2 Å². The molecule has 2 heterocycles. The van der Waals surface area contributed by atoms with E-state index < -0.39 is 0 Å². The second-order valence-electron chi connectivity index (χ2n) is 6.21. The Balaban J connectivity index is 1.88. The van der Waals surface area contributed by atoms with Crippen LogP contribution in [0.1, 0.15) is 57.7 Å². The summed E-state index contributed by atoms with van der Waals surface area (Å²) in [6.07, 6.45) is 2.80. The highest BCUT2D eigenvalue weighted by atomic mass is 16.4. The van der Waals surface area contributed by atoms with Gasteiger partial charge in [-0.05, 0) is 25.7 Å². The molecule has 0 aliphatic carbocycles. The molecule has 2 rings (SSSR count). The lowest BCUT2D eigenvalue weighted by atomic mass is 9.94. The van der Waals surface area contributed by atoms with E-state index in [4.69, 9.17) is 4.42 Å². The van der Waals surface area contributed by atoms with Crippen LogP contribution in [0.4, 0.5) is 0 Å². The molecular formula is C15H25N3O3. The predicted molar refractivity (Wildman–Crippen MR) is 77.7 cm³/mol. The Morgan fingerprint density at radius 2 is 2.19 bits per heavy atom. The average molecular weight is 295 g/mol. The number of hydrogen-bond acceptors (Lipinski definition) is 5. The smallest absolute Gasteiger partial charge is 0.223 e. The molecule has 0 saturated carbocycles. The topological polar surface area (TPSA) is 79.5 Å². The van der Waals surface area contributed by atoms with E-state index in [9.17, 15) is 9.90 Å². The average Bonchev–Trinajstić information content (AvgIpc) is 2.94. The minimum absolute atomic E-state index is 0.102. The molecule has 0 bridgehead atoms. The predicted octanol–water partition coefficient (Wildman–Crippen LogP) is 1.74. The number of piperidine rings is 1. The molecule has 6 heteroatoms. The van der Waals surface area contributed by atoms with Crippen molar-refractivity contribution in [1.82, 2.24) is 15.1 Å². The van der Waals surface area contributed by atoms with Gasteiger partial charge in [0.2, 0.25) is 17.7 Å². The molecule has 21 heavy (non-hydrogen) atoms. The third kappa shape index (κ3) is 4.03. The fourth-order valence-electron chi connectivity index (χ4n) is 2.64. The van der Waals surface area contributed by atoms with Gasteiger partial charge in [-0.15, -0.1) is 10.2 Å². The van der Waals surface area contributed by atoms with Crippen molar-refractivity contribution in [1.29, 1.82) is 0 Å². The lowest BCUT2D eigenvalue weighted by Crippen LogP contribution is -2.46. The minimum atomic E-state index is 0.102. The molecule has 1 aromatic heterocycles. The highest BCUT2D eigenvalue weighted by Gasteiger charge is 2.28. The van der Waals surface area contributed by atoms with Gasteiger partial charge in [-0.1, -0.05) is 13.8 Å². The van der Waals surface area contributed by atoms with Gasteiger partial charge in [0.15, 0.2) is 0 Å². The first-order chi connectivity index (χ1) is 10.0. The van der Waals surface area contributed by atoms with Gasteiger partial charge in [-0.2, -0.15) is 0 Å². The molecular weight excluding hydrogens is 270 g/mol. The Hall–Kier alpha value is -1.43. The molecule has 1 fully saturated rings. The van der Waals surface area contributed by atoms with Gasteiger partial charge in [0, 0.05) is 38.0 Å². The summed E-state index contributed by atoms with van der Waals surface area (Å²) in [6, 6.07) is 0.245. The zero-order chi connectivity index (χ0) is 15.4. The largest absolute Gasteiger partial charge is 0.425 e. The fraction of sp³-hybridized carbons (Fsp3) is 0.800. The first-order valence-electron chi connectivity index (χ1n) is 7.73. The molecule has 1 aliphatic rings. The molecule has 0 spiro atoms. The number of aliphatic hydroxyl groups excluding tert-OH is 1. The summed E-state index contributed by atoms with van der Waals surface area (Å²) >= 11 is 0. The number of carbonyl (C=O) groups is 1. The van der Waals surface area contributed by atoms with Gasteiger partial charge < -0.3 is 14.4 Å². The monoisotopic (exact) mass is 295 g/mol. The molecule has 2 atom stereocenters. The minimum Gasteiger partial charge on any atom is -0.425 e. The Kier molecular flexibility index (Phi) is 5.33. The van der Waals surface area contributed by atoms with Crippen molar-refractivity contribution in [3.8, 4) is 0 Å². The maximum absolute atomic E-state index is 12.3. The van der Waals surface area contributed by atoms with E-state index in [1.807, 2.05) is 18.7 Å². The number of nitrogens with zero attached hydrogens (tertiary/aromatic N) is 3. The second kappa shape index (κ2) is 7.02. The summed E-state index contributed by atoms with van der Waals surface area (Å²) in [6.45, 7) is 6.85. The SMILES string of the molecule is CC(C)c1nnc(CCC(=O)N2CC(CO)CCC2C)o1. The number of aliphatic hydroxyl groups is 1. The van der Waals surface area contributed by atoms with Crippen LogP contribution in [0.2, 0.25) is 0 Å². The summed E-state index contributed by atoms with van der Waals surface area (Å²) in [4.78, 5) is 14.2. The lowest BCUT2D eigenvalue weighted by molar-refractivity contribution is -0.136. The summed E-state index contributed by atoms with van der Waals surface area (Å²) in [5.41, 5.74) is 0. The van der Waals surface area contributed by atoms with Crippen LogP contribution in [0.15, 0.2) is 4.42 Å². The third-order valence-electron chi connectivity index (χ3n) is 4.09. The van der Waals surface area contributed by atoms with Crippen LogP contribution in [-0.4, -0.2) is 45.3 Å². The van der Waals surface area contributed by atoms with Crippen LogP contribution in [0.25, 0.3) is 0 Å². The zero-order valence-electron chi connectivity index (χ0n) is 13.1. The van der Waals surface area contributed by atoms with Crippen LogP contribution in [0.5, 0.6) is 0 Å². The summed E-state index contributed by atoms with van der Waals surface area (Å²) < 4.78 is 5.52. The van der Waals surface area contributed by atoms with E-state index in [2.05, 4.69) is 17.1 Å². The summed E-state index contributed by atoms with van der Waals surface area (Å²) in [5.74, 6) is 1.65. The van der Waals surface area contributed by atoms with Crippen LogP contribution >= 0.6 is 0 Å². The highest BCUT2D eigenvalue weighted by molar-refractivity contribution is 5.76. The maximum atomic E-state index is 12.3. The van der Waals surface area contributed by atoms with Gasteiger partial charge >= 0.3 is 0 Å². The van der Waals surface area contributed by atoms with E-state index in [0.29, 0.717) is 31.2 Å². The maximum Gasteiger partial charge on any atom is 0.223 e. The molecule has 0 radical (unpaired) electrons. The molecule has 0 aromatic carbocycles. The van der Waals surface area contributed by atoms with Crippen molar-refractivity contribution in [2.24, 2.45) is 5.92 Å². The second-order valence-corrected chi connectivity index (χ2v) is 6.21. The summed E-state index contributed by atoms with van der Waals surface area (Å²) in [5, 5.41) is 17.2. The normalized spacial score (nSPS) is 22.8. The lowest BCUT2D eigenvalue weighted by Gasteiger charge is -2.37. The van der Waals surface area contributed by atoms with E-state index in [1.54, 1.807) is 0 Å². The van der Waals surface area contributed by atoms with Gasteiger partial charge in [-0.25, -0.2) is 0 Å². The molecule has 2 unspecified atom stereocenters. The van der Waals surface area contributed by atoms with Crippen molar-refractivity contribution in [2.75, 3.05) is 13.2 Å². The van der Waals surface area contributed by atoms with Crippen molar-refractivity contribution in [3.05, 3.63) is 11.8 Å². The number of hydrogen-bond donors (Lipinski definition) is 1. The Bertz CT molecular complexity index is 472. The molecule has 1 N–H and O–H groups in total. The van der Waals surface area contributed by atoms with Crippen LogP contribution < -0.4 is 0 Å². The molecule has 1 aromatic rings. The number of amides is 1. The molecule has 1 saturated heterocycles. The number of aromatic nitrogens is 2. The van der Waals surface area contributed by atoms with Crippen molar-refractivity contribution in [2.45, 2.75) is 58.4 Å². The fourth-order valence-corrected chi connectivity index (χ4v) is 2.64. The Morgan fingerprint density at radius 1 is 1.43 bits per heavy atom. The number of rotatable bonds is 5. The zero-order valence-corrected chi connectivity index (χ0v) is 13.1. The first-order valence-corrected chi connectivity index (χ1v) is 7.73. The van der Waals surface area contributed by atoms with Gasteiger partial charge in [0.1, 0.15) is 0 Å². The number of likely N-dealkylation sites (tertiary alicyclic amines) is 1. The van der Waals surface area contributed by atoms with E-state index >= 15 is 0 Å². The van der Waals surface area contributed by atoms with Gasteiger partial charge in [-0.3, -0.25) is 4.79 Å². The molecule has 6 nitrogen and oxygen atoms in total. The quantitative estimate of drug-likeness (QED) is 0.895. The van der Waals surface area contributed by atoms with Crippen LogP contribution in [0, 0.1) is 5.92 Å². The first kappa shape index (κ1) is 15.9. The van der Waals surface area contributed by atoms with Gasteiger partial charge in [0.25, 0.3) is 0 Å². The van der Waals surface area contributed by atoms with E-state index in [0.717, 1.165) is 12.8 Å². The van der Waals surface area contributed by atoms with Gasteiger partial charge in [0.05, 0.1) is 0 Å². The number of carbonyl (C=O) groups excluding carboxylic acids is 1. The molecule has 1 amide bonds. The van der Waals surface area contributed by atoms with Crippen molar-refractivity contribution >= 4 is 5.91 Å². The summed E-state index contributed by atoms with van der Waals surface area (Å²) in [7, 11) is 0. The van der Waals surface area contributed by atoms with Crippen molar-refractivity contribution in [3.63, 3.8) is 0 Å². The van der Waals surface area contributed by atoms with E-state index in [-0.39, 0.29) is 30.4 Å². The van der Waals surface area contributed by atoms with Crippen LogP contribution in [0.3, 0.4) is 0 Å². The molecule has 1 aliphatic heterocycles. The van der Waals surface area contributed by atoms with Crippen molar-refractivity contribution < 1.29 is 14.3 Å². The molecule has 118 valence electrons.